The van der Waals surface area contributed by atoms with Gasteiger partial charge in [-0.25, -0.2) is 0 Å². The monoisotopic (exact) mass is 388 g/mol. The molecule has 6 heteroatoms. The van der Waals surface area contributed by atoms with Crippen LogP contribution in [0.25, 0.3) is 0 Å². The predicted octanol–water partition coefficient (Wildman–Crippen LogP) is 2.55. The van der Waals surface area contributed by atoms with Crippen LogP contribution in [0, 0.1) is 5.41 Å². The van der Waals surface area contributed by atoms with E-state index in [0.29, 0.717) is 18.3 Å². The summed E-state index contributed by atoms with van der Waals surface area (Å²) in [6, 6.07) is 0.315. The Bertz CT molecular complexity index is 687. The molecule has 1 aliphatic carbocycles. The third-order valence-corrected chi connectivity index (χ3v) is 6.04. The van der Waals surface area contributed by atoms with Crippen molar-refractivity contribution in [3.05, 3.63) is 29.6 Å². The van der Waals surface area contributed by atoms with Gasteiger partial charge in [0.15, 0.2) is 5.69 Å². The molecule has 1 aromatic rings. The van der Waals surface area contributed by atoms with E-state index in [4.69, 9.17) is 5.10 Å². The number of nitrogens with one attached hydrogen (secondary N) is 1. The van der Waals surface area contributed by atoms with E-state index in [9.17, 15) is 9.90 Å². The number of hydrogen-bond donors (Lipinski definition) is 2. The molecule has 1 aliphatic heterocycles. The van der Waals surface area contributed by atoms with E-state index < -0.39 is 0 Å². The summed E-state index contributed by atoms with van der Waals surface area (Å²) in [5, 5.41) is 17.9. The highest BCUT2D eigenvalue weighted by Crippen LogP contribution is 2.27. The molecule has 2 N–H and O–H groups in total. The third kappa shape index (κ3) is 4.84. The maximum Gasteiger partial charge on any atom is 0.274 e. The van der Waals surface area contributed by atoms with Crippen molar-refractivity contribution in [2.24, 2.45) is 5.41 Å². The molecule has 1 aromatic heterocycles. The van der Waals surface area contributed by atoms with Gasteiger partial charge in [0, 0.05) is 49.0 Å². The second kappa shape index (κ2) is 9.23. The number of rotatable bonds is 7. The van der Waals surface area contributed by atoms with E-state index >= 15 is 0 Å². The quantitative estimate of drug-likeness (QED) is 0.705. The van der Waals surface area contributed by atoms with Crippen LogP contribution in [0.3, 0.4) is 0 Å². The van der Waals surface area contributed by atoms with Gasteiger partial charge in [-0.3, -0.25) is 9.48 Å². The molecule has 1 amide bonds. The maximum absolute atomic E-state index is 13.3. The molecule has 0 bridgehead atoms. The first-order valence-corrected chi connectivity index (χ1v) is 10.8. The minimum Gasteiger partial charge on any atom is -0.396 e. The van der Waals surface area contributed by atoms with Crippen molar-refractivity contribution >= 4 is 5.91 Å². The fraction of sp³-hybridized carbons (Fsp3) is 0.727. The summed E-state index contributed by atoms with van der Waals surface area (Å²) < 4.78 is 1.97. The Hall–Kier alpha value is -1.66. The summed E-state index contributed by atoms with van der Waals surface area (Å²) in [4.78, 5) is 15.3. The normalized spacial score (nSPS) is 20.5. The lowest BCUT2D eigenvalue weighted by Crippen LogP contribution is -2.42. The van der Waals surface area contributed by atoms with E-state index in [-0.39, 0.29) is 17.9 Å². The fourth-order valence-corrected chi connectivity index (χ4v) is 4.21. The van der Waals surface area contributed by atoms with E-state index in [1.54, 1.807) is 0 Å². The minimum absolute atomic E-state index is 0.0947. The van der Waals surface area contributed by atoms with E-state index in [2.05, 4.69) is 25.7 Å². The summed E-state index contributed by atoms with van der Waals surface area (Å²) >= 11 is 0. The van der Waals surface area contributed by atoms with Crippen LogP contribution in [0.15, 0.2) is 12.7 Å². The number of amides is 1. The lowest BCUT2D eigenvalue weighted by molar-refractivity contribution is 0.0753. The molecule has 1 atom stereocenters. The number of aliphatic hydroxyl groups is 1. The second-order valence-electron chi connectivity index (χ2n) is 9.09. The van der Waals surface area contributed by atoms with Gasteiger partial charge >= 0.3 is 0 Å². The number of aliphatic hydroxyl groups excluding tert-OH is 1. The number of aromatic nitrogens is 2. The largest absolute Gasteiger partial charge is 0.396 e. The van der Waals surface area contributed by atoms with Crippen molar-refractivity contribution in [2.45, 2.75) is 71.4 Å². The second-order valence-corrected chi connectivity index (χ2v) is 9.09. The van der Waals surface area contributed by atoms with E-state index in [1.165, 1.54) is 18.5 Å². The molecule has 0 radical (unpaired) electrons. The number of fused-ring (bicyclic) bond motifs is 1. The van der Waals surface area contributed by atoms with Gasteiger partial charge in [0.2, 0.25) is 0 Å². The number of likely N-dealkylation sites (tertiary alicyclic amines) is 1. The van der Waals surface area contributed by atoms with Gasteiger partial charge in [-0.15, -0.1) is 6.58 Å². The van der Waals surface area contributed by atoms with Crippen LogP contribution >= 0.6 is 0 Å². The van der Waals surface area contributed by atoms with Crippen LogP contribution in [0.1, 0.15) is 67.7 Å². The van der Waals surface area contributed by atoms with E-state index in [0.717, 1.165) is 57.3 Å². The Morgan fingerprint density at radius 3 is 2.68 bits per heavy atom. The zero-order valence-electron chi connectivity index (χ0n) is 17.5. The van der Waals surface area contributed by atoms with Gasteiger partial charge < -0.3 is 15.3 Å². The average Bonchev–Trinajstić information content (AvgIpc) is 2.86. The number of carbonyl (C=O) groups excluding carboxylic acids is 1. The van der Waals surface area contributed by atoms with Crippen molar-refractivity contribution in [3.63, 3.8) is 0 Å². The van der Waals surface area contributed by atoms with Crippen LogP contribution in [-0.2, 0) is 19.4 Å². The van der Waals surface area contributed by atoms with Crippen LogP contribution in [0.4, 0.5) is 0 Å². The van der Waals surface area contributed by atoms with Crippen LogP contribution in [0.5, 0.6) is 0 Å². The lowest BCUT2D eigenvalue weighted by Gasteiger charge is -2.29. The van der Waals surface area contributed by atoms with Gasteiger partial charge in [0.1, 0.15) is 0 Å². The molecule has 1 fully saturated rings. The van der Waals surface area contributed by atoms with Gasteiger partial charge in [-0.2, -0.15) is 5.10 Å². The van der Waals surface area contributed by atoms with Crippen LogP contribution in [0.2, 0.25) is 0 Å². The fourth-order valence-electron chi connectivity index (χ4n) is 4.21. The number of carbonyl (C=O) groups is 1. The highest BCUT2D eigenvalue weighted by Gasteiger charge is 2.31. The molecule has 6 nitrogen and oxygen atoms in total. The summed E-state index contributed by atoms with van der Waals surface area (Å²) in [5.41, 5.74) is 2.81. The Balaban J connectivity index is 1.80. The van der Waals surface area contributed by atoms with Crippen molar-refractivity contribution < 1.29 is 9.90 Å². The Kier molecular flexibility index (Phi) is 6.94. The Labute approximate surface area is 169 Å². The SMILES string of the molecule is C=CCn1nc(C(=O)N2CCCCCC2)c2c1CCC(NCC(C)(C)CO)C2. The standard InChI is InChI=1S/C22H36N4O2/c1-4-11-26-19-10-9-17(23-15-22(2,3)16-27)14-18(19)20(24-26)21(28)25-12-7-5-6-8-13-25/h4,17,23,27H,1,5-16H2,2-3H3. The molecular weight excluding hydrogens is 352 g/mol. The van der Waals surface area contributed by atoms with Gasteiger partial charge in [0.05, 0.1) is 6.54 Å². The zero-order chi connectivity index (χ0) is 20.1. The molecule has 0 saturated carbocycles. The first kappa shape index (κ1) is 21.1. The smallest absolute Gasteiger partial charge is 0.274 e. The molecule has 3 rings (SSSR count). The zero-order valence-corrected chi connectivity index (χ0v) is 17.5. The first-order valence-electron chi connectivity index (χ1n) is 10.8. The van der Waals surface area contributed by atoms with Crippen LogP contribution < -0.4 is 5.32 Å². The first-order chi connectivity index (χ1) is 13.4. The predicted molar refractivity (Wildman–Crippen MR) is 111 cm³/mol. The number of nitrogens with zero attached hydrogens (tertiary/aromatic N) is 3. The third-order valence-electron chi connectivity index (χ3n) is 6.04. The van der Waals surface area contributed by atoms with Crippen molar-refractivity contribution in [2.75, 3.05) is 26.2 Å². The van der Waals surface area contributed by atoms with Gasteiger partial charge in [0.25, 0.3) is 5.91 Å². The summed E-state index contributed by atoms with van der Waals surface area (Å²) in [6.07, 6.45) is 9.20. The molecule has 156 valence electrons. The van der Waals surface area contributed by atoms with Gasteiger partial charge in [-0.05, 0) is 32.1 Å². The van der Waals surface area contributed by atoms with Crippen LogP contribution in [-0.4, -0.2) is 58.0 Å². The van der Waals surface area contributed by atoms with Crippen molar-refractivity contribution in [3.8, 4) is 0 Å². The molecule has 2 heterocycles. The summed E-state index contributed by atoms with van der Waals surface area (Å²) in [7, 11) is 0. The molecular formula is C22H36N4O2. The van der Waals surface area contributed by atoms with Crippen molar-refractivity contribution in [1.29, 1.82) is 0 Å². The minimum atomic E-state index is -0.141. The maximum atomic E-state index is 13.3. The number of hydrogen-bond acceptors (Lipinski definition) is 4. The molecule has 0 aromatic carbocycles. The topological polar surface area (TPSA) is 70.4 Å². The summed E-state index contributed by atoms with van der Waals surface area (Å²) in [5.74, 6) is 0.0947. The molecule has 1 saturated heterocycles. The number of allylic oxidation sites excluding steroid dienone is 1. The highest BCUT2D eigenvalue weighted by atomic mass is 16.3. The lowest BCUT2D eigenvalue weighted by atomic mass is 9.89. The molecule has 2 aliphatic rings. The average molecular weight is 389 g/mol. The van der Waals surface area contributed by atoms with Gasteiger partial charge in [-0.1, -0.05) is 32.8 Å². The Morgan fingerprint density at radius 2 is 2.04 bits per heavy atom. The van der Waals surface area contributed by atoms with Crippen molar-refractivity contribution in [1.82, 2.24) is 20.0 Å². The molecule has 1 unspecified atom stereocenters. The molecule has 0 spiro atoms. The Morgan fingerprint density at radius 1 is 1.32 bits per heavy atom. The summed E-state index contributed by atoms with van der Waals surface area (Å²) in [6.45, 7) is 11.2. The molecule has 28 heavy (non-hydrogen) atoms. The van der Waals surface area contributed by atoms with E-state index in [1.807, 2.05) is 15.7 Å². The highest BCUT2D eigenvalue weighted by molar-refractivity contribution is 5.94.